The van der Waals surface area contributed by atoms with E-state index >= 15 is 0 Å². The summed E-state index contributed by atoms with van der Waals surface area (Å²) in [4.78, 5) is 19.0. The topological polar surface area (TPSA) is 33.2 Å². The lowest BCUT2D eigenvalue weighted by Gasteiger charge is -2.31. The van der Waals surface area contributed by atoms with E-state index in [0.29, 0.717) is 24.3 Å². The highest BCUT2D eigenvalue weighted by molar-refractivity contribution is 7.07. The largest absolute Gasteiger partial charge is 0.340 e. The van der Waals surface area contributed by atoms with Crippen molar-refractivity contribution >= 4 is 17.2 Å². The standard InChI is InChI=1S/C16H26N2OS/c1-13(2)10-15-6-4-3-5-9-18(15)16(19)8-7-14-11-20-12-17-14/h11-13,15H,3-10H2,1-2H3. The first-order valence-electron chi connectivity index (χ1n) is 7.83. The molecular formula is C16H26N2OS. The number of carbonyl (C=O) groups excluding carboxylic acids is 1. The molecule has 4 heteroatoms. The zero-order valence-corrected chi connectivity index (χ0v) is 13.5. The van der Waals surface area contributed by atoms with Gasteiger partial charge >= 0.3 is 0 Å². The third-order valence-corrected chi connectivity index (χ3v) is 4.65. The molecular weight excluding hydrogens is 268 g/mol. The van der Waals surface area contributed by atoms with Crippen LogP contribution < -0.4 is 0 Å². The van der Waals surface area contributed by atoms with Crippen LogP contribution in [0.5, 0.6) is 0 Å². The lowest BCUT2D eigenvalue weighted by molar-refractivity contribution is -0.133. The van der Waals surface area contributed by atoms with Crippen molar-refractivity contribution in [2.24, 2.45) is 5.92 Å². The van der Waals surface area contributed by atoms with E-state index in [1.54, 1.807) is 11.3 Å². The zero-order valence-electron chi connectivity index (χ0n) is 12.7. The highest BCUT2D eigenvalue weighted by Crippen LogP contribution is 2.23. The summed E-state index contributed by atoms with van der Waals surface area (Å²) in [7, 11) is 0. The Labute approximate surface area is 126 Å². The van der Waals surface area contributed by atoms with Crippen LogP contribution >= 0.6 is 11.3 Å². The van der Waals surface area contributed by atoms with Crippen molar-refractivity contribution < 1.29 is 4.79 Å². The number of hydrogen-bond donors (Lipinski definition) is 0. The molecule has 0 radical (unpaired) electrons. The Morgan fingerprint density at radius 3 is 3.00 bits per heavy atom. The molecule has 112 valence electrons. The van der Waals surface area contributed by atoms with Crippen LogP contribution in [0.2, 0.25) is 0 Å². The second-order valence-electron chi connectivity index (χ2n) is 6.20. The van der Waals surface area contributed by atoms with Gasteiger partial charge in [-0.15, -0.1) is 11.3 Å². The van der Waals surface area contributed by atoms with Crippen molar-refractivity contribution in [2.45, 2.75) is 64.8 Å². The summed E-state index contributed by atoms with van der Waals surface area (Å²) in [5, 5.41) is 2.04. The van der Waals surface area contributed by atoms with Gasteiger partial charge in [0.05, 0.1) is 11.2 Å². The molecule has 1 saturated heterocycles. The monoisotopic (exact) mass is 294 g/mol. The van der Waals surface area contributed by atoms with Gasteiger partial charge in [-0.3, -0.25) is 4.79 Å². The Hall–Kier alpha value is -0.900. The lowest BCUT2D eigenvalue weighted by atomic mass is 9.98. The van der Waals surface area contributed by atoms with Crippen LogP contribution in [0.15, 0.2) is 10.9 Å². The van der Waals surface area contributed by atoms with Crippen LogP contribution in [0.25, 0.3) is 0 Å². The van der Waals surface area contributed by atoms with Gasteiger partial charge in [-0.05, 0) is 31.6 Å². The smallest absolute Gasteiger partial charge is 0.223 e. The predicted octanol–water partition coefficient (Wildman–Crippen LogP) is 3.89. The van der Waals surface area contributed by atoms with Crippen LogP contribution in [0.1, 0.15) is 58.1 Å². The first-order chi connectivity index (χ1) is 9.66. The fourth-order valence-electron chi connectivity index (χ4n) is 3.03. The van der Waals surface area contributed by atoms with Gasteiger partial charge in [-0.1, -0.05) is 26.7 Å². The molecule has 1 amide bonds. The van der Waals surface area contributed by atoms with Gasteiger partial charge in [0.25, 0.3) is 0 Å². The van der Waals surface area contributed by atoms with E-state index in [9.17, 15) is 4.79 Å². The van der Waals surface area contributed by atoms with Gasteiger partial charge < -0.3 is 4.90 Å². The van der Waals surface area contributed by atoms with Crippen LogP contribution in [0.4, 0.5) is 0 Å². The molecule has 3 nitrogen and oxygen atoms in total. The van der Waals surface area contributed by atoms with E-state index in [2.05, 4.69) is 23.7 Å². The number of carbonyl (C=O) groups is 1. The molecule has 0 saturated carbocycles. The number of aromatic nitrogens is 1. The molecule has 1 aromatic heterocycles. The van der Waals surface area contributed by atoms with Gasteiger partial charge in [0.2, 0.25) is 5.91 Å². The molecule has 0 bridgehead atoms. The maximum absolute atomic E-state index is 12.5. The van der Waals surface area contributed by atoms with E-state index in [1.165, 1.54) is 19.3 Å². The zero-order chi connectivity index (χ0) is 14.4. The number of rotatable bonds is 5. The summed E-state index contributed by atoms with van der Waals surface area (Å²) < 4.78 is 0. The van der Waals surface area contributed by atoms with Crippen LogP contribution in [0.3, 0.4) is 0 Å². The number of hydrogen-bond acceptors (Lipinski definition) is 3. The SMILES string of the molecule is CC(C)CC1CCCCCN1C(=O)CCc1cscn1. The van der Waals surface area contributed by atoms with Crippen molar-refractivity contribution in [1.29, 1.82) is 0 Å². The fourth-order valence-corrected chi connectivity index (χ4v) is 3.63. The van der Waals surface area contributed by atoms with E-state index in [-0.39, 0.29) is 0 Å². The first-order valence-corrected chi connectivity index (χ1v) is 8.77. The van der Waals surface area contributed by atoms with Crippen molar-refractivity contribution in [3.63, 3.8) is 0 Å². The van der Waals surface area contributed by atoms with E-state index < -0.39 is 0 Å². The fraction of sp³-hybridized carbons (Fsp3) is 0.750. The Bertz CT molecular complexity index is 403. The number of amides is 1. The van der Waals surface area contributed by atoms with Gasteiger partial charge in [0, 0.05) is 24.4 Å². The average Bonchev–Trinajstić information content (AvgIpc) is 2.82. The lowest BCUT2D eigenvalue weighted by Crippen LogP contribution is -2.40. The molecule has 0 aliphatic carbocycles. The third kappa shape index (κ3) is 4.58. The molecule has 2 heterocycles. The maximum Gasteiger partial charge on any atom is 0.223 e. The summed E-state index contributed by atoms with van der Waals surface area (Å²) in [6.07, 6.45) is 7.42. The number of nitrogens with zero attached hydrogens (tertiary/aromatic N) is 2. The Kier molecular flexibility index (Phi) is 6.02. The van der Waals surface area contributed by atoms with Crippen molar-refractivity contribution in [3.05, 3.63) is 16.6 Å². The molecule has 1 aliphatic rings. The normalized spacial score (nSPS) is 20.1. The van der Waals surface area contributed by atoms with Crippen molar-refractivity contribution in [3.8, 4) is 0 Å². The van der Waals surface area contributed by atoms with Crippen molar-refractivity contribution in [1.82, 2.24) is 9.88 Å². The predicted molar refractivity (Wildman–Crippen MR) is 83.9 cm³/mol. The number of aryl methyl sites for hydroxylation is 1. The Morgan fingerprint density at radius 1 is 1.45 bits per heavy atom. The molecule has 0 aromatic carbocycles. The van der Waals surface area contributed by atoms with Gasteiger partial charge in [-0.2, -0.15) is 0 Å². The minimum absolute atomic E-state index is 0.325. The minimum atomic E-state index is 0.325. The quantitative estimate of drug-likeness (QED) is 0.825. The Balaban J connectivity index is 1.92. The molecule has 20 heavy (non-hydrogen) atoms. The molecule has 0 spiro atoms. The molecule has 1 fully saturated rings. The van der Waals surface area contributed by atoms with Crippen LogP contribution in [-0.2, 0) is 11.2 Å². The van der Waals surface area contributed by atoms with E-state index in [0.717, 1.165) is 31.5 Å². The summed E-state index contributed by atoms with van der Waals surface area (Å²) in [5.74, 6) is 0.984. The molecule has 1 aromatic rings. The van der Waals surface area contributed by atoms with Crippen LogP contribution in [0, 0.1) is 5.92 Å². The summed E-state index contributed by atoms with van der Waals surface area (Å²) in [5.41, 5.74) is 2.89. The molecule has 1 atom stereocenters. The van der Waals surface area contributed by atoms with Gasteiger partial charge in [-0.25, -0.2) is 4.98 Å². The molecule has 1 unspecified atom stereocenters. The number of thiazole rings is 1. The molecule has 2 rings (SSSR count). The van der Waals surface area contributed by atoms with Crippen LogP contribution in [-0.4, -0.2) is 28.4 Å². The second kappa shape index (κ2) is 7.77. The summed E-state index contributed by atoms with van der Waals surface area (Å²) in [6.45, 7) is 5.46. The first kappa shape index (κ1) is 15.5. The second-order valence-corrected chi connectivity index (χ2v) is 6.92. The molecule has 0 N–H and O–H groups in total. The minimum Gasteiger partial charge on any atom is -0.340 e. The van der Waals surface area contributed by atoms with Gasteiger partial charge in [0.15, 0.2) is 0 Å². The van der Waals surface area contributed by atoms with Gasteiger partial charge in [0.1, 0.15) is 0 Å². The maximum atomic E-state index is 12.5. The van der Waals surface area contributed by atoms with E-state index in [4.69, 9.17) is 0 Å². The summed E-state index contributed by atoms with van der Waals surface area (Å²) in [6, 6.07) is 0.459. The van der Waals surface area contributed by atoms with Crippen molar-refractivity contribution in [2.75, 3.05) is 6.54 Å². The average molecular weight is 294 g/mol. The molecule has 1 aliphatic heterocycles. The number of likely N-dealkylation sites (tertiary alicyclic amines) is 1. The highest BCUT2D eigenvalue weighted by Gasteiger charge is 2.25. The Morgan fingerprint density at radius 2 is 2.30 bits per heavy atom. The highest BCUT2D eigenvalue weighted by atomic mass is 32.1. The summed E-state index contributed by atoms with van der Waals surface area (Å²) >= 11 is 1.60. The van der Waals surface area contributed by atoms with E-state index in [1.807, 2.05) is 10.9 Å². The third-order valence-electron chi connectivity index (χ3n) is 4.02.